The van der Waals surface area contributed by atoms with E-state index in [1.807, 2.05) is 18.2 Å². The summed E-state index contributed by atoms with van der Waals surface area (Å²) in [6, 6.07) is 0. The van der Waals surface area contributed by atoms with Crippen molar-refractivity contribution >= 4 is 39.5 Å². The van der Waals surface area contributed by atoms with Crippen molar-refractivity contribution in [2.45, 2.75) is 264 Å². The van der Waals surface area contributed by atoms with Crippen LogP contribution in [0.1, 0.15) is 246 Å². The first-order chi connectivity index (χ1) is 45.7. The molecule has 5 unspecified atom stereocenters. The van der Waals surface area contributed by atoms with Crippen LogP contribution in [0.15, 0.2) is 146 Å². The zero-order chi connectivity index (χ0) is 69.0. The van der Waals surface area contributed by atoms with Gasteiger partial charge in [0.05, 0.1) is 32.8 Å². The molecule has 534 valence electrons. The minimum Gasteiger partial charge on any atom is -0.462 e. The molecule has 0 aliphatic rings. The van der Waals surface area contributed by atoms with E-state index < -0.39 is 97.5 Å². The van der Waals surface area contributed by atoms with E-state index in [0.29, 0.717) is 25.7 Å². The molecule has 0 saturated heterocycles. The molecule has 19 heteroatoms. The average molecular weight is 1360 g/mol. The molecule has 0 aliphatic heterocycles. The molecule has 0 saturated carbocycles. The van der Waals surface area contributed by atoms with Crippen molar-refractivity contribution < 1.29 is 80.2 Å². The third kappa shape index (κ3) is 65.6. The number of esters is 4. The molecule has 0 aromatic heterocycles. The minimum atomic E-state index is -5.00. The second-order valence-electron chi connectivity index (χ2n) is 22.7. The molecule has 0 bridgehead atoms. The Morgan fingerprint density at radius 3 is 1.02 bits per heavy atom. The van der Waals surface area contributed by atoms with Gasteiger partial charge in [0.15, 0.2) is 12.2 Å². The van der Waals surface area contributed by atoms with Gasteiger partial charge in [-0.25, -0.2) is 9.13 Å². The lowest BCUT2D eigenvalue weighted by molar-refractivity contribution is -0.161. The number of rotatable bonds is 64. The van der Waals surface area contributed by atoms with Crippen LogP contribution in [-0.4, -0.2) is 96.7 Å². The number of unbranched alkanes of at least 4 members (excludes halogenated alkanes) is 15. The standard InChI is InChI=1S/C75H122O17P2/c1-5-9-13-17-21-25-29-32-34-37-40-43-47-51-55-59-72(77)85-65-70(91-74(79)61-57-53-49-45-39-28-24-20-16-12-8-4)67-89-93(81,82)87-63-69(76)64-88-94(83,84)90-68-71(92-75(80)62-58-54-50-46-42-36-31-27-23-19-15-11-7-3)66-86-73(78)60-56-52-48-44-41-38-35-33-30-26-22-18-14-10-6-2/h9-10,13-15,19-22,24-27,31-35,40-41,43-44,51,55,69-71,76H,5-8,11-12,16-18,23,28-30,36-39,42,45-50,52-54,56-68H2,1-4H3,(H,81,82)(H,83,84)/b13-9-,14-10-,19-15-,24-20-,25-21-,26-22-,31-27-,34-32-,35-33-,43-40-,44-41-,55-51-. The highest BCUT2D eigenvalue weighted by molar-refractivity contribution is 7.47. The molecule has 0 aromatic carbocycles. The first-order valence-electron chi connectivity index (χ1n) is 35.1. The van der Waals surface area contributed by atoms with E-state index in [0.717, 1.165) is 161 Å². The Kier molecular flexibility index (Phi) is 63.0. The largest absolute Gasteiger partial charge is 0.472 e. The van der Waals surface area contributed by atoms with Crippen LogP contribution in [0.5, 0.6) is 0 Å². The number of aliphatic hydroxyl groups is 1. The molecular weight excluding hydrogens is 1230 g/mol. The lowest BCUT2D eigenvalue weighted by Gasteiger charge is -2.21. The monoisotopic (exact) mass is 1360 g/mol. The molecule has 0 heterocycles. The fraction of sp³-hybridized carbons (Fsp3) is 0.627. The fourth-order valence-corrected chi connectivity index (χ4v) is 10.1. The molecule has 0 spiro atoms. The number of carbonyl (C=O) groups excluding carboxylic acids is 4. The van der Waals surface area contributed by atoms with E-state index in [9.17, 15) is 43.2 Å². The molecule has 3 N–H and O–H groups in total. The highest BCUT2D eigenvalue weighted by Gasteiger charge is 2.30. The van der Waals surface area contributed by atoms with Gasteiger partial charge in [-0.1, -0.05) is 231 Å². The number of hydrogen-bond donors (Lipinski definition) is 3. The van der Waals surface area contributed by atoms with Gasteiger partial charge in [0.2, 0.25) is 0 Å². The fourth-order valence-electron chi connectivity index (χ4n) is 8.48. The van der Waals surface area contributed by atoms with Crippen LogP contribution >= 0.6 is 15.6 Å². The van der Waals surface area contributed by atoms with Crippen molar-refractivity contribution in [1.82, 2.24) is 0 Å². The second kappa shape index (κ2) is 66.5. The van der Waals surface area contributed by atoms with E-state index in [-0.39, 0.29) is 25.7 Å². The molecule has 17 nitrogen and oxygen atoms in total. The minimum absolute atomic E-state index is 0.0596. The smallest absolute Gasteiger partial charge is 0.462 e. The number of carbonyl (C=O) groups is 4. The second-order valence-corrected chi connectivity index (χ2v) is 25.6. The van der Waals surface area contributed by atoms with Crippen LogP contribution in [0, 0.1) is 0 Å². The van der Waals surface area contributed by atoms with E-state index in [1.165, 1.54) is 6.42 Å². The van der Waals surface area contributed by atoms with Gasteiger partial charge in [-0.3, -0.25) is 37.3 Å². The maximum absolute atomic E-state index is 13.0. The number of allylic oxidation sites excluding steroid dienone is 23. The van der Waals surface area contributed by atoms with Crippen LogP contribution < -0.4 is 0 Å². The molecule has 0 amide bonds. The molecule has 0 radical (unpaired) electrons. The predicted molar refractivity (Wildman–Crippen MR) is 380 cm³/mol. The van der Waals surface area contributed by atoms with Crippen LogP contribution in [0.25, 0.3) is 0 Å². The van der Waals surface area contributed by atoms with Gasteiger partial charge >= 0.3 is 39.5 Å². The Labute approximate surface area is 567 Å². The summed E-state index contributed by atoms with van der Waals surface area (Å²) < 4.78 is 68.0. The first-order valence-corrected chi connectivity index (χ1v) is 38.1. The van der Waals surface area contributed by atoms with E-state index in [1.54, 1.807) is 6.08 Å². The van der Waals surface area contributed by atoms with Crippen LogP contribution in [0.3, 0.4) is 0 Å². The molecular formula is C75H122O17P2. The SMILES string of the molecule is CC/C=C\C/C=C\C/C=C\C/C=C\C/C=C\CC(=O)OCC(COP(=O)(O)OCC(O)COP(=O)(O)OCC(COC(=O)CCCC/C=C\C/C=C\C/C=C\C/C=C\CC)OC(=O)CCCCCCC/C=C\C/C=C\CCC)OC(=O)CCCCCCC/C=C\CCCC. The zero-order valence-electron chi connectivity index (χ0n) is 57.8. The van der Waals surface area contributed by atoms with Crippen molar-refractivity contribution in [2.75, 3.05) is 39.6 Å². The van der Waals surface area contributed by atoms with Crippen molar-refractivity contribution in [1.29, 1.82) is 0 Å². The number of ether oxygens (including phenoxy) is 4. The third-order valence-corrected chi connectivity index (χ3v) is 15.7. The number of phosphoric ester groups is 2. The molecule has 5 atom stereocenters. The summed E-state index contributed by atoms with van der Waals surface area (Å²) in [6.45, 7) is 4.30. The summed E-state index contributed by atoms with van der Waals surface area (Å²) in [7, 11) is -9.99. The van der Waals surface area contributed by atoms with Crippen LogP contribution in [-0.2, 0) is 65.4 Å². The first kappa shape index (κ1) is 88.9. The quantitative estimate of drug-likeness (QED) is 0.0169. The molecule has 0 fully saturated rings. The van der Waals surface area contributed by atoms with Crippen molar-refractivity contribution in [2.24, 2.45) is 0 Å². The van der Waals surface area contributed by atoms with Gasteiger partial charge < -0.3 is 33.8 Å². The van der Waals surface area contributed by atoms with Gasteiger partial charge in [-0.05, 0) is 135 Å². The van der Waals surface area contributed by atoms with Crippen molar-refractivity contribution in [3.63, 3.8) is 0 Å². The molecule has 0 aromatic rings. The topological polar surface area (TPSA) is 237 Å². The van der Waals surface area contributed by atoms with Gasteiger partial charge in [0, 0.05) is 19.3 Å². The maximum Gasteiger partial charge on any atom is 0.472 e. The Morgan fingerprint density at radius 2 is 0.617 bits per heavy atom. The lowest BCUT2D eigenvalue weighted by Crippen LogP contribution is -2.30. The molecule has 94 heavy (non-hydrogen) atoms. The molecule has 0 aliphatic carbocycles. The van der Waals surface area contributed by atoms with Crippen molar-refractivity contribution in [3.05, 3.63) is 146 Å². The normalized spacial score (nSPS) is 14.9. The lowest BCUT2D eigenvalue weighted by atomic mass is 10.1. The average Bonchev–Trinajstić information content (AvgIpc) is 1.35. The van der Waals surface area contributed by atoms with Gasteiger partial charge in [0.1, 0.15) is 19.3 Å². The summed E-state index contributed by atoms with van der Waals surface area (Å²) in [5.74, 6) is -2.41. The van der Waals surface area contributed by atoms with Gasteiger partial charge in [-0.15, -0.1) is 0 Å². The van der Waals surface area contributed by atoms with Crippen LogP contribution in [0.4, 0.5) is 0 Å². The Hall–Kier alpha value is -5.06. The van der Waals surface area contributed by atoms with Gasteiger partial charge in [0.25, 0.3) is 0 Å². The van der Waals surface area contributed by atoms with E-state index in [2.05, 4.69) is 149 Å². The van der Waals surface area contributed by atoms with Crippen molar-refractivity contribution in [3.8, 4) is 0 Å². The van der Waals surface area contributed by atoms with E-state index in [4.69, 9.17) is 37.0 Å². The third-order valence-electron chi connectivity index (χ3n) is 13.8. The van der Waals surface area contributed by atoms with E-state index >= 15 is 0 Å². The summed E-state index contributed by atoms with van der Waals surface area (Å²) in [5.41, 5.74) is 0. The highest BCUT2D eigenvalue weighted by Crippen LogP contribution is 2.45. The summed E-state index contributed by atoms with van der Waals surface area (Å²) in [5, 5.41) is 10.6. The summed E-state index contributed by atoms with van der Waals surface area (Å²) >= 11 is 0. The van der Waals surface area contributed by atoms with Gasteiger partial charge in [-0.2, -0.15) is 0 Å². The van der Waals surface area contributed by atoms with Crippen LogP contribution in [0.2, 0.25) is 0 Å². The molecule has 0 rings (SSSR count). The maximum atomic E-state index is 13.0. The zero-order valence-corrected chi connectivity index (χ0v) is 59.6. The number of aliphatic hydroxyl groups excluding tert-OH is 1. The Bertz CT molecular complexity index is 2360. The Morgan fingerprint density at radius 1 is 0.319 bits per heavy atom. The number of phosphoric acid groups is 2. The Balaban J connectivity index is 5.45. The summed E-state index contributed by atoms with van der Waals surface area (Å²) in [6.07, 6.45) is 73.3. The number of hydrogen-bond acceptors (Lipinski definition) is 15. The predicted octanol–water partition coefficient (Wildman–Crippen LogP) is 19.5. The summed E-state index contributed by atoms with van der Waals surface area (Å²) in [4.78, 5) is 72.5. The highest BCUT2D eigenvalue weighted by atomic mass is 31.2.